The van der Waals surface area contributed by atoms with Crippen LogP contribution in [0.1, 0.15) is 56.9 Å². The number of carbonyl (C=O) groups excluding carboxylic acids is 1. The van der Waals surface area contributed by atoms with Crippen LogP contribution in [0.3, 0.4) is 0 Å². The second-order valence-corrected chi connectivity index (χ2v) is 13.4. The van der Waals surface area contributed by atoms with Crippen LogP contribution in [-0.4, -0.2) is 35.7 Å². The van der Waals surface area contributed by atoms with Crippen molar-refractivity contribution >= 4 is 17.4 Å². The van der Waals surface area contributed by atoms with Gasteiger partial charge in [0.2, 0.25) is 0 Å². The fourth-order valence-electron chi connectivity index (χ4n) is 6.08. The number of methoxy groups -OCH3 is 1. The van der Waals surface area contributed by atoms with E-state index in [-0.39, 0.29) is 18.0 Å². The maximum atomic E-state index is 14.1. The maximum Gasteiger partial charge on any atom is 0.415 e. The number of nitrogens with one attached hydrogen (secondary N) is 1. The normalized spacial score (nSPS) is 13.6. The Kier molecular flexibility index (Phi) is 9.63. The molecule has 0 aliphatic carbocycles. The molecule has 0 bridgehead atoms. The second kappa shape index (κ2) is 13.5. The van der Waals surface area contributed by atoms with Crippen LogP contribution in [0, 0.1) is 12.7 Å². The molecule has 1 amide bonds. The molecular weight excluding hydrogens is 593 g/mol. The van der Waals surface area contributed by atoms with Gasteiger partial charge in [0.25, 0.3) is 0 Å². The first-order valence-corrected chi connectivity index (χ1v) is 15.7. The third kappa shape index (κ3) is 8.13. The third-order valence-corrected chi connectivity index (χ3v) is 8.00. The summed E-state index contributed by atoms with van der Waals surface area (Å²) in [6.45, 7) is 12.8. The highest BCUT2D eigenvalue weighted by atomic mass is 19.1. The topological polar surface area (TPSA) is 86.1 Å². The Morgan fingerprint density at radius 1 is 0.957 bits per heavy atom. The molecule has 0 saturated carbocycles. The molecule has 1 aliphatic rings. The van der Waals surface area contributed by atoms with Gasteiger partial charge in [-0.15, -0.1) is 0 Å². The van der Waals surface area contributed by atoms with Gasteiger partial charge in [-0.2, -0.15) is 0 Å². The number of rotatable bonds is 10. The van der Waals surface area contributed by atoms with Gasteiger partial charge in [0.15, 0.2) is 0 Å². The summed E-state index contributed by atoms with van der Waals surface area (Å²) >= 11 is 0. The number of allylic oxidation sites excluding steroid dienone is 1. The van der Waals surface area contributed by atoms with Crippen LogP contribution in [0.2, 0.25) is 0 Å². The number of amides is 1. The van der Waals surface area contributed by atoms with Crippen LogP contribution in [0.15, 0.2) is 84.9 Å². The Balaban J connectivity index is 1.50. The molecule has 0 radical (unpaired) electrons. The Morgan fingerprint density at radius 2 is 1.68 bits per heavy atom. The van der Waals surface area contributed by atoms with Crippen molar-refractivity contribution in [1.29, 1.82) is 0 Å². The molecule has 0 fully saturated rings. The van der Waals surface area contributed by atoms with E-state index in [1.165, 1.54) is 12.1 Å². The standard InChI is InChI=1S/C39H44FN3O4/c1-25-13-14-28(40)19-34(25)46-23-32-30(17-18-33-36(32)26(2)21-39(5,6)42-33)31-16-15-29(20-35(31)45-7)47-37(44)43(24-38(3,4)41)22-27-11-9-8-10-12-27/h8-21,42H,22-24,41H2,1-7H3. The van der Waals surface area contributed by atoms with E-state index >= 15 is 0 Å². The van der Waals surface area contributed by atoms with E-state index in [4.69, 9.17) is 19.9 Å². The van der Waals surface area contributed by atoms with Crippen LogP contribution >= 0.6 is 0 Å². The monoisotopic (exact) mass is 637 g/mol. The molecular formula is C39H44FN3O4. The molecule has 1 heterocycles. The molecule has 5 rings (SSSR count). The lowest BCUT2D eigenvalue weighted by atomic mass is 9.85. The van der Waals surface area contributed by atoms with Crippen molar-refractivity contribution in [2.75, 3.05) is 19.0 Å². The summed E-state index contributed by atoms with van der Waals surface area (Å²) in [5, 5.41) is 3.61. The lowest BCUT2D eigenvalue weighted by Crippen LogP contribution is -2.48. The van der Waals surface area contributed by atoms with Gasteiger partial charge in [-0.25, -0.2) is 9.18 Å². The number of benzene rings is 4. The summed E-state index contributed by atoms with van der Waals surface area (Å²) in [4.78, 5) is 15.1. The average molecular weight is 638 g/mol. The van der Waals surface area contributed by atoms with E-state index in [1.807, 2.05) is 63.2 Å². The molecule has 0 atom stereocenters. The molecule has 0 aromatic heterocycles. The molecule has 246 valence electrons. The summed E-state index contributed by atoms with van der Waals surface area (Å²) in [6, 6.07) is 23.7. The molecule has 0 unspecified atom stereocenters. The summed E-state index contributed by atoms with van der Waals surface area (Å²) in [5.41, 5.74) is 13.0. The average Bonchev–Trinajstić information content (AvgIpc) is 3.00. The minimum atomic E-state index is -0.624. The highest BCUT2D eigenvalue weighted by molar-refractivity contribution is 5.88. The van der Waals surface area contributed by atoms with Crippen molar-refractivity contribution in [2.45, 2.75) is 65.8 Å². The second-order valence-electron chi connectivity index (χ2n) is 13.4. The SMILES string of the molecule is COc1cc(OC(=O)N(Cc2ccccc2)CC(C)(C)N)ccc1-c1ccc2c(c1COc1cc(F)ccc1C)C(C)=CC(C)(C)N2. The number of fused-ring (bicyclic) bond motifs is 1. The van der Waals surface area contributed by atoms with Gasteiger partial charge in [-0.1, -0.05) is 48.5 Å². The van der Waals surface area contributed by atoms with Gasteiger partial charge in [-0.05, 0) is 88.1 Å². The molecule has 4 aromatic rings. The first-order chi connectivity index (χ1) is 22.2. The third-order valence-electron chi connectivity index (χ3n) is 8.00. The van der Waals surface area contributed by atoms with Gasteiger partial charge in [0.05, 0.1) is 12.6 Å². The predicted molar refractivity (Wildman–Crippen MR) is 186 cm³/mol. The van der Waals surface area contributed by atoms with Crippen molar-refractivity contribution < 1.29 is 23.4 Å². The number of nitrogens with zero attached hydrogens (tertiary/aromatic N) is 1. The largest absolute Gasteiger partial charge is 0.496 e. The maximum absolute atomic E-state index is 14.1. The van der Waals surface area contributed by atoms with E-state index in [9.17, 15) is 9.18 Å². The van der Waals surface area contributed by atoms with Gasteiger partial charge in [0.1, 0.15) is 29.7 Å². The zero-order chi connectivity index (χ0) is 33.9. The van der Waals surface area contributed by atoms with Gasteiger partial charge < -0.3 is 30.2 Å². The summed E-state index contributed by atoms with van der Waals surface area (Å²) in [7, 11) is 1.59. The molecule has 8 heteroatoms. The van der Waals surface area contributed by atoms with Gasteiger partial charge in [-0.3, -0.25) is 0 Å². The number of carbonyl (C=O) groups is 1. The van der Waals surface area contributed by atoms with Gasteiger partial charge in [0, 0.05) is 53.1 Å². The van der Waals surface area contributed by atoms with E-state index in [0.29, 0.717) is 30.3 Å². The number of halogens is 1. The Labute approximate surface area is 277 Å². The predicted octanol–water partition coefficient (Wildman–Crippen LogP) is 8.73. The highest BCUT2D eigenvalue weighted by Gasteiger charge is 2.28. The quantitative estimate of drug-likeness (QED) is 0.181. The van der Waals surface area contributed by atoms with Crippen molar-refractivity contribution in [2.24, 2.45) is 5.73 Å². The Hall–Kier alpha value is -4.82. The number of aryl methyl sites for hydroxylation is 1. The Bertz CT molecular complexity index is 1790. The smallest absolute Gasteiger partial charge is 0.415 e. The van der Waals surface area contributed by atoms with Crippen molar-refractivity contribution in [1.82, 2.24) is 4.90 Å². The fraction of sp³-hybridized carbons (Fsp3) is 0.308. The molecule has 7 nitrogen and oxygen atoms in total. The fourth-order valence-corrected chi connectivity index (χ4v) is 6.08. The van der Waals surface area contributed by atoms with Crippen molar-refractivity contribution in [3.63, 3.8) is 0 Å². The van der Waals surface area contributed by atoms with Crippen LogP contribution in [0.5, 0.6) is 17.2 Å². The first-order valence-electron chi connectivity index (χ1n) is 15.7. The van der Waals surface area contributed by atoms with Crippen LogP contribution in [0.4, 0.5) is 14.9 Å². The zero-order valence-corrected chi connectivity index (χ0v) is 28.2. The van der Waals surface area contributed by atoms with Crippen LogP contribution < -0.4 is 25.3 Å². The highest BCUT2D eigenvalue weighted by Crippen LogP contribution is 2.43. The number of anilines is 1. The van der Waals surface area contributed by atoms with E-state index in [1.54, 1.807) is 30.2 Å². The van der Waals surface area contributed by atoms with Crippen molar-refractivity contribution in [3.8, 4) is 28.4 Å². The summed E-state index contributed by atoms with van der Waals surface area (Å²) in [6.07, 6.45) is 1.68. The first kappa shape index (κ1) is 33.5. The molecule has 0 saturated heterocycles. The number of hydrogen-bond donors (Lipinski definition) is 2. The zero-order valence-electron chi connectivity index (χ0n) is 28.2. The van der Waals surface area contributed by atoms with E-state index in [2.05, 4.69) is 38.2 Å². The number of hydrogen-bond acceptors (Lipinski definition) is 6. The van der Waals surface area contributed by atoms with E-state index in [0.717, 1.165) is 44.6 Å². The molecule has 47 heavy (non-hydrogen) atoms. The van der Waals surface area contributed by atoms with Crippen LogP contribution in [0.25, 0.3) is 16.7 Å². The minimum Gasteiger partial charge on any atom is -0.496 e. The Morgan fingerprint density at radius 3 is 2.38 bits per heavy atom. The minimum absolute atomic E-state index is 0.194. The number of nitrogens with two attached hydrogens (primary N) is 1. The molecule has 0 spiro atoms. The van der Waals surface area contributed by atoms with Gasteiger partial charge >= 0.3 is 6.09 Å². The lowest BCUT2D eigenvalue weighted by Gasteiger charge is -2.33. The van der Waals surface area contributed by atoms with Crippen molar-refractivity contribution in [3.05, 3.63) is 113 Å². The summed E-state index contributed by atoms with van der Waals surface area (Å²) in [5.74, 6) is 0.992. The number of ether oxygens (including phenoxy) is 3. The molecule has 3 N–H and O–H groups in total. The van der Waals surface area contributed by atoms with E-state index < -0.39 is 11.6 Å². The summed E-state index contributed by atoms with van der Waals surface area (Å²) < 4.78 is 32.2. The molecule has 1 aliphatic heterocycles. The lowest BCUT2D eigenvalue weighted by molar-refractivity contribution is 0.139. The molecule has 4 aromatic carbocycles. The van der Waals surface area contributed by atoms with Crippen LogP contribution in [-0.2, 0) is 13.2 Å².